The molecule has 2 aromatic heterocycles. The Balaban J connectivity index is 1.37. The smallest absolute Gasteiger partial charge is 0.273 e. The van der Waals surface area contributed by atoms with E-state index in [0.29, 0.717) is 17.5 Å². The SMILES string of the molecule is Cc1nc(C(=O)NC2CCC(n3nc(C4CC4)ccc3=O)CC2)co1. The Bertz CT molecular complexity index is 829. The van der Waals surface area contributed by atoms with Crippen LogP contribution < -0.4 is 10.9 Å². The number of carbonyl (C=O) groups is 1. The van der Waals surface area contributed by atoms with E-state index in [2.05, 4.69) is 15.4 Å². The molecule has 0 bridgehead atoms. The van der Waals surface area contributed by atoms with Crippen LogP contribution in [0.25, 0.3) is 0 Å². The number of carbonyl (C=O) groups excluding carboxylic acids is 1. The normalized spacial score (nSPS) is 23.4. The number of hydrogen-bond acceptors (Lipinski definition) is 5. The molecule has 2 fully saturated rings. The molecule has 4 rings (SSSR count). The number of hydrogen-bond donors (Lipinski definition) is 1. The van der Waals surface area contributed by atoms with E-state index in [1.165, 1.54) is 19.1 Å². The fourth-order valence-electron chi connectivity index (χ4n) is 3.49. The minimum Gasteiger partial charge on any atom is -0.448 e. The van der Waals surface area contributed by atoms with Crippen molar-refractivity contribution in [1.29, 1.82) is 0 Å². The van der Waals surface area contributed by atoms with Crippen molar-refractivity contribution >= 4 is 5.91 Å². The molecule has 0 radical (unpaired) electrons. The topological polar surface area (TPSA) is 90.0 Å². The molecule has 0 aromatic carbocycles. The van der Waals surface area contributed by atoms with E-state index >= 15 is 0 Å². The van der Waals surface area contributed by atoms with Gasteiger partial charge in [0.2, 0.25) is 0 Å². The molecular weight excluding hydrogens is 320 g/mol. The molecule has 1 N–H and O–H groups in total. The minimum atomic E-state index is -0.202. The van der Waals surface area contributed by atoms with E-state index in [0.717, 1.165) is 31.4 Å². The number of nitrogens with zero attached hydrogens (tertiary/aromatic N) is 3. The summed E-state index contributed by atoms with van der Waals surface area (Å²) in [6.45, 7) is 1.71. The van der Waals surface area contributed by atoms with E-state index in [9.17, 15) is 9.59 Å². The second-order valence-electron chi connectivity index (χ2n) is 7.05. The summed E-state index contributed by atoms with van der Waals surface area (Å²) in [5.74, 6) is 0.814. The Labute approximate surface area is 145 Å². The van der Waals surface area contributed by atoms with Crippen LogP contribution in [0.4, 0.5) is 0 Å². The summed E-state index contributed by atoms with van der Waals surface area (Å²) in [5, 5.41) is 7.59. The average molecular weight is 342 g/mol. The third kappa shape index (κ3) is 3.50. The maximum atomic E-state index is 12.2. The van der Waals surface area contributed by atoms with Gasteiger partial charge in [-0.3, -0.25) is 9.59 Å². The Kier molecular flexibility index (Phi) is 4.15. The van der Waals surface area contributed by atoms with Gasteiger partial charge in [0.25, 0.3) is 11.5 Å². The van der Waals surface area contributed by atoms with Crippen LogP contribution in [0.15, 0.2) is 27.6 Å². The van der Waals surface area contributed by atoms with Gasteiger partial charge in [-0.15, -0.1) is 0 Å². The van der Waals surface area contributed by atoms with Crippen molar-refractivity contribution in [2.75, 3.05) is 0 Å². The summed E-state index contributed by atoms with van der Waals surface area (Å²) < 4.78 is 6.74. The molecule has 25 heavy (non-hydrogen) atoms. The van der Waals surface area contributed by atoms with Crippen molar-refractivity contribution in [3.05, 3.63) is 46.0 Å². The molecule has 2 aliphatic carbocycles. The zero-order chi connectivity index (χ0) is 17.4. The maximum Gasteiger partial charge on any atom is 0.273 e. The van der Waals surface area contributed by atoms with Gasteiger partial charge in [-0.1, -0.05) is 0 Å². The molecule has 0 saturated heterocycles. The van der Waals surface area contributed by atoms with Gasteiger partial charge >= 0.3 is 0 Å². The molecule has 0 atom stereocenters. The van der Waals surface area contributed by atoms with Crippen molar-refractivity contribution in [3.8, 4) is 0 Å². The van der Waals surface area contributed by atoms with Gasteiger partial charge in [0.05, 0.1) is 11.7 Å². The lowest BCUT2D eigenvalue weighted by atomic mass is 9.91. The van der Waals surface area contributed by atoms with E-state index in [1.54, 1.807) is 17.7 Å². The van der Waals surface area contributed by atoms with Crippen LogP contribution >= 0.6 is 0 Å². The number of amides is 1. The van der Waals surface area contributed by atoms with Crippen molar-refractivity contribution in [2.24, 2.45) is 0 Å². The van der Waals surface area contributed by atoms with Crippen LogP contribution in [0.2, 0.25) is 0 Å². The Morgan fingerprint density at radius 1 is 1.20 bits per heavy atom. The number of nitrogens with one attached hydrogen (secondary N) is 1. The van der Waals surface area contributed by atoms with E-state index < -0.39 is 0 Å². The van der Waals surface area contributed by atoms with Gasteiger partial charge in [0.15, 0.2) is 11.6 Å². The molecule has 0 aliphatic heterocycles. The van der Waals surface area contributed by atoms with Crippen LogP contribution in [0.5, 0.6) is 0 Å². The number of oxazole rings is 1. The first-order chi connectivity index (χ1) is 12.1. The fraction of sp³-hybridized carbons (Fsp3) is 0.556. The quantitative estimate of drug-likeness (QED) is 0.921. The highest BCUT2D eigenvalue weighted by molar-refractivity contribution is 5.92. The summed E-state index contributed by atoms with van der Waals surface area (Å²) >= 11 is 0. The molecule has 2 heterocycles. The van der Waals surface area contributed by atoms with Crippen LogP contribution in [0.3, 0.4) is 0 Å². The van der Waals surface area contributed by atoms with Gasteiger partial charge in [-0.2, -0.15) is 5.10 Å². The lowest BCUT2D eigenvalue weighted by molar-refractivity contribution is 0.0916. The predicted octanol–water partition coefficient (Wildman–Crippen LogP) is 2.33. The van der Waals surface area contributed by atoms with Gasteiger partial charge in [0.1, 0.15) is 6.26 Å². The van der Waals surface area contributed by atoms with Gasteiger partial charge < -0.3 is 9.73 Å². The molecule has 0 spiro atoms. The zero-order valence-electron chi connectivity index (χ0n) is 14.3. The summed E-state index contributed by atoms with van der Waals surface area (Å²) in [5.41, 5.74) is 1.32. The van der Waals surface area contributed by atoms with Crippen LogP contribution in [-0.4, -0.2) is 26.7 Å². The standard InChI is InChI=1S/C18H22N4O3/c1-11-19-16(10-25-11)18(24)20-13-4-6-14(7-5-13)22-17(23)9-8-15(21-22)12-2-3-12/h8-10,12-14H,2-7H2,1H3,(H,20,24). The molecule has 2 aliphatic rings. The third-order valence-electron chi connectivity index (χ3n) is 5.07. The van der Waals surface area contributed by atoms with Crippen molar-refractivity contribution in [3.63, 3.8) is 0 Å². The molecule has 0 unspecified atom stereocenters. The molecule has 1 amide bonds. The first-order valence-electron chi connectivity index (χ1n) is 8.93. The summed E-state index contributed by atoms with van der Waals surface area (Å²) in [6, 6.07) is 3.72. The van der Waals surface area contributed by atoms with Crippen LogP contribution in [-0.2, 0) is 0 Å². The van der Waals surface area contributed by atoms with Gasteiger partial charge in [-0.05, 0) is 44.6 Å². The average Bonchev–Trinajstić information content (AvgIpc) is 3.37. The highest BCUT2D eigenvalue weighted by Gasteiger charge is 2.29. The highest BCUT2D eigenvalue weighted by Crippen LogP contribution is 2.38. The summed E-state index contributed by atoms with van der Waals surface area (Å²) in [7, 11) is 0. The van der Waals surface area contributed by atoms with Crippen LogP contribution in [0, 0.1) is 6.92 Å². The lowest BCUT2D eigenvalue weighted by Crippen LogP contribution is -2.39. The van der Waals surface area contributed by atoms with E-state index in [1.807, 2.05) is 6.07 Å². The van der Waals surface area contributed by atoms with E-state index in [-0.39, 0.29) is 23.6 Å². The highest BCUT2D eigenvalue weighted by atomic mass is 16.3. The maximum absolute atomic E-state index is 12.2. The monoisotopic (exact) mass is 342 g/mol. The number of aryl methyl sites for hydroxylation is 1. The summed E-state index contributed by atoms with van der Waals surface area (Å²) in [6.07, 6.45) is 7.05. The second kappa shape index (κ2) is 6.46. The zero-order valence-corrected chi connectivity index (χ0v) is 14.3. The Morgan fingerprint density at radius 3 is 2.60 bits per heavy atom. The number of aromatic nitrogens is 3. The number of rotatable bonds is 4. The fourth-order valence-corrected chi connectivity index (χ4v) is 3.49. The van der Waals surface area contributed by atoms with Crippen molar-refractivity contribution in [1.82, 2.24) is 20.1 Å². The van der Waals surface area contributed by atoms with Crippen molar-refractivity contribution in [2.45, 2.75) is 63.5 Å². The Morgan fingerprint density at radius 2 is 1.96 bits per heavy atom. The first kappa shape index (κ1) is 16.1. The first-order valence-corrected chi connectivity index (χ1v) is 8.93. The third-order valence-corrected chi connectivity index (χ3v) is 5.07. The minimum absolute atomic E-state index is 0.0324. The Hall–Kier alpha value is -2.44. The molecule has 2 saturated carbocycles. The largest absolute Gasteiger partial charge is 0.448 e. The lowest BCUT2D eigenvalue weighted by Gasteiger charge is -2.29. The van der Waals surface area contributed by atoms with Gasteiger partial charge in [0, 0.05) is 24.9 Å². The predicted molar refractivity (Wildman–Crippen MR) is 90.5 cm³/mol. The van der Waals surface area contributed by atoms with Crippen LogP contribution in [0.1, 0.15) is 72.6 Å². The summed E-state index contributed by atoms with van der Waals surface area (Å²) in [4.78, 5) is 28.4. The molecule has 132 valence electrons. The molecule has 7 heteroatoms. The second-order valence-corrected chi connectivity index (χ2v) is 7.05. The molecular formula is C18H22N4O3. The van der Waals surface area contributed by atoms with Crippen molar-refractivity contribution < 1.29 is 9.21 Å². The van der Waals surface area contributed by atoms with E-state index in [4.69, 9.17) is 4.42 Å². The molecule has 7 nitrogen and oxygen atoms in total. The molecule has 2 aromatic rings. The van der Waals surface area contributed by atoms with Gasteiger partial charge in [-0.25, -0.2) is 9.67 Å².